The first-order chi connectivity index (χ1) is 1.41. The minimum atomic E-state index is 0. The minimum absolute atomic E-state index is 0. The van der Waals surface area contributed by atoms with Crippen LogP contribution in [0, 0.1) is 0 Å². The van der Waals surface area contributed by atoms with E-state index >= 15 is 0 Å². The van der Waals surface area contributed by atoms with E-state index in [9.17, 15) is 0 Å². The van der Waals surface area contributed by atoms with Gasteiger partial charge in [0.1, 0.15) is 0 Å². The van der Waals surface area contributed by atoms with E-state index in [-0.39, 0.29) is 13.1 Å². The van der Waals surface area contributed by atoms with Crippen molar-refractivity contribution in [2.45, 2.75) is 0 Å². The summed E-state index contributed by atoms with van der Waals surface area (Å²) in [5.74, 6) is 0. The lowest BCUT2D eigenvalue weighted by Gasteiger charge is -1.61. The maximum Gasteiger partial charge on any atom is 0.0351 e. The standard InChI is InChI=1S/C2H6O.B.FH/c1-3-2;;/h1-2H3;;1H. The van der Waals surface area contributed by atoms with Crippen molar-refractivity contribution in [3.05, 3.63) is 0 Å². The average Bonchev–Trinajstić information content (AvgIpc) is 0.918. The molecule has 0 aliphatic rings. The highest BCUT2D eigenvalue weighted by Crippen LogP contribution is 1.28. The predicted octanol–water partition coefficient (Wildman–Crippen LogP) is 0.0343. The van der Waals surface area contributed by atoms with Crippen LogP contribution in [-0.4, -0.2) is 22.6 Å². The lowest BCUT2D eigenvalue weighted by molar-refractivity contribution is 0.277. The number of hydrogen-bond donors (Lipinski definition) is 0. The molecule has 0 saturated carbocycles. The van der Waals surface area contributed by atoms with E-state index in [0.717, 1.165) is 0 Å². The Balaban J connectivity index is -0.0000000200. The van der Waals surface area contributed by atoms with Crippen LogP contribution in [-0.2, 0) is 4.74 Å². The second-order valence-corrected chi connectivity index (χ2v) is 0.408. The van der Waals surface area contributed by atoms with Gasteiger partial charge in [0.25, 0.3) is 0 Å². The molecule has 0 spiro atoms. The number of rotatable bonds is 0. The molecule has 0 aromatic carbocycles. The van der Waals surface area contributed by atoms with Crippen molar-refractivity contribution >= 4 is 8.41 Å². The summed E-state index contributed by atoms with van der Waals surface area (Å²) in [4.78, 5) is 0. The van der Waals surface area contributed by atoms with Gasteiger partial charge in [-0.15, -0.1) is 0 Å². The van der Waals surface area contributed by atoms with Crippen LogP contribution in [0.3, 0.4) is 0 Å². The molecule has 0 atom stereocenters. The molecule has 0 aliphatic carbocycles. The molecule has 3 radical (unpaired) electrons. The third kappa shape index (κ3) is 7440. The highest BCUT2D eigenvalue weighted by Gasteiger charge is 1.25. The summed E-state index contributed by atoms with van der Waals surface area (Å²) in [6, 6.07) is 0. The molecule has 0 saturated heterocycles. The molecule has 0 bridgehead atoms. The van der Waals surface area contributed by atoms with Crippen LogP contribution in [0.25, 0.3) is 0 Å². The fourth-order valence-electron chi connectivity index (χ4n) is 0. The van der Waals surface area contributed by atoms with E-state index in [1.807, 2.05) is 0 Å². The summed E-state index contributed by atoms with van der Waals surface area (Å²) in [5.41, 5.74) is 0. The third-order valence-electron chi connectivity index (χ3n) is 0. The lowest BCUT2D eigenvalue weighted by Crippen LogP contribution is -1.55. The molecule has 0 heterocycles. The molecular weight excluding hydrogens is 69.8 g/mol. The Morgan fingerprint density at radius 1 is 1.20 bits per heavy atom. The molecule has 0 aromatic heterocycles. The summed E-state index contributed by atoms with van der Waals surface area (Å²) in [7, 11) is 3.25. The Labute approximate surface area is 33.3 Å². The van der Waals surface area contributed by atoms with Crippen LogP contribution in [0.15, 0.2) is 0 Å². The molecule has 31 valence electrons. The van der Waals surface area contributed by atoms with E-state index < -0.39 is 0 Å². The number of halogens is 1. The van der Waals surface area contributed by atoms with Gasteiger partial charge >= 0.3 is 0 Å². The Morgan fingerprint density at radius 3 is 1.20 bits per heavy atom. The van der Waals surface area contributed by atoms with E-state index in [1.165, 1.54) is 0 Å². The van der Waals surface area contributed by atoms with Crippen LogP contribution in [0.1, 0.15) is 0 Å². The fourth-order valence-corrected chi connectivity index (χ4v) is 0. The van der Waals surface area contributed by atoms with Gasteiger partial charge in [0.2, 0.25) is 0 Å². The van der Waals surface area contributed by atoms with Gasteiger partial charge in [-0.05, 0) is 0 Å². The van der Waals surface area contributed by atoms with Gasteiger partial charge in [-0.25, -0.2) is 0 Å². The lowest BCUT2D eigenvalue weighted by atomic mass is 10.8. The molecule has 5 heavy (non-hydrogen) atoms. The minimum Gasteiger partial charge on any atom is -0.388 e. The Hall–Kier alpha value is -0.0451. The summed E-state index contributed by atoms with van der Waals surface area (Å²) in [5, 5.41) is 0. The molecule has 0 N–H and O–H groups in total. The fraction of sp³-hybridized carbons (Fsp3) is 1.00. The molecule has 0 aromatic rings. The van der Waals surface area contributed by atoms with Crippen molar-refractivity contribution in [2.24, 2.45) is 0 Å². The van der Waals surface area contributed by atoms with Gasteiger partial charge in [0.05, 0.1) is 0 Å². The van der Waals surface area contributed by atoms with Gasteiger partial charge < -0.3 is 4.74 Å². The molecule has 0 unspecified atom stereocenters. The summed E-state index contributed by atoms with van der Waals surface area (Å²) >= 11 is 0. The highest BCUT2D eigenvalue weighted by molar-refractivity contribution is 5.75. The van der Waals surface area contributed by atoms with Crippen molar-refractivity contribution in [3.63, 3.8) is 0 Å². The second-order valence-electron chi connectivity index (χ2n) is 0.408. The molecule has 0 rings (SSSR count). The second kappa shape index (κ2) is 37.9. The van der Waals surface area contributed by atoms with Gasteiger partial charge in [-0.2, -0.15) is 0 Å². The number of hydrogen-bond acceptors (Lipinski definition) is 1. The highest BCUT2D eigenvalue weighted by atomic mass is 19.0. The Bertz CT molecular complexity index is 9.61. The zero-order valence-electron chi connectivity index (χ0n) is 3.39. The van der Waals surface area contributed by atoms with E-state index in [0.29, 0.717) is 0 Å². The predicted molar refractivity (Wildman–Crippen MR) is 21.2 cm³/mol. The first-order valence-electron chi connectivity index (χ1n) is 0.816. The third-order valence-corrected chi connectivity index (χ3v) is 0. The zero-order valence-corrected chi connectivity index (χ0v) is 3.39. The van der Waals surface area contributed by atoms with Crippen molar-refractivity contribution in [3.8, 4) is 0 Å². The van der Waals surface area contributed by atoms with Gasteiger partial charge in [0, 0.05) is 22.6 Å². The molecule has 0 amide bonds. The maximum absolute atomic E-state index is 4.25. The Morgan fingerprint density at radius 2 is 1.20 bits per heavy atom. The van der Waals surface area contributed by atoms with Crippen LogP contribution in [0.2, 0.25) is 0 Å². The quantitative estimate of drug-likeness (QED) is 0.370. The number of methoxy groups -OCH3 is 1. The van der Waals surface area contributed by atoms with Gasteiger partial charge in [-0.3, -0.25) is 4.70 Å². The molecule has 3 heteroatoms. The van der Waals surface area contributed by atoms with Crippen molar-refractivity contribution < 1.29 is 9.44 Å². The van der Waals surface area contributed by atoms with Crippen LogP contribution >= 0.6 is 0 Å². The smallest absolute Gasteiger partial charge is 0.0351 e. The molecule has 0 fully saturated rings. The van der Waals surface area contributed by atoms with Crippen molar-refractivity contribution in [1.82, 2.24) is 0 Å². The summed E-state index contributed by atoms with van der Waals surface area (Å²) < 4.78 is 4.25. The van der Waals surface area contributed by atoms with Crippen molar-refractivity contribution in [1.29, 1.82) is 0 Å². The average molecular weight is 76.9 g/mol. The van der Waals surface area contributed by atoms with Gasteiger partial charge in [-0.1, -0.05) is 0 Å². The topological polar surface area (TPSA) is 9.23 Å². The van der Waals surface area contributed by atoms with Crippen LogP contribution in [0.5, 0.6) is 0 Å². The largest absolute Gasteiger partial charge is 0.388 e. The van der Waals surface area contributed by atoms with Crippen molar-refractivity contribution in [2.75, 3.05) is 14.2 Å². The summed E-state index contributed by atoms with van der Waals surface area (Å²) in [6.45, 7) is 0. The van der Waals surface area contributed by atoms with E-state index in [1.54, 1.807) is 14.2 Å². The number of ether oxygens (including phenoxy) is 1. The Kier molecular flexibility index (Phi) is 154. The SMILES string of the molecule is COC.F.[B]. The van der Waals surface area contributed by atoms with E-state index in [2.05, 4.69) is 4.74 Å². The maximum atomic E-state index is 4.25. The van der Waals surface area contributed by atoms with Gasteiger partial charge in [0.15, 0.2) is 0 Å². The molecule has 0 aliphatic heterocycles. The first-order valence-corrected chi connectivity index (χ1v) is 0.816. The summed E-state index contributed by atoms with van der Waals surface area (Å²) in [6.07, 6.45) is 0. The zero-order chi connectivity index (χ0) is 2.71. The molecule has 1 nitrogen and oxygen atoms in total. The monoisotopic (exact) mass is 77.1 g/mol. The normalized spacial score (nSPS) is 3.60. The van der Waals surface area contributed by atoms with E-state index in [4.69, 9.17) is 0 Å². The molecular formula is C2H7BFO. The van der Waals surface area contributed by atoms with Crippen LogP contribution in [0.4, 0.5) is 4.70 Å². The first kappa shape index (κ1) is 20.3. The van der Waals surface area contributed by atoms with Crippen LogP contribution < -0.4 is 0 Å².